The molecule has 0 amide bonds. The van der Waals surface area contributed by atoms with Gasteiger partial charge >= 0.3 is 0 Å². The second-order valence-corrected chi connectivity index (χ2v) is 6.13. The van der Waals surface area contributed by atoms with Crippen LogP contribution in [0, 0.1) is 0 Å². The van der Waals surface area contributed by atoms with E-state index in [-0.39, 0.29) is 6.61 Å². The van der Waals surface area contributed by atoms with Crippen molar-refractivity contribution in [2.75, 3.05) is 0 Å². The zero-order valence-corrected chi connectivity index (χ0v) is 14.2. The van der Waals surface area contributed by atoms with Crippen LogP contribution in [-0.2, 0) is 6.61 Å². The molecule has 0 atom stereocenters. The van der Waals surface area contributed by atoms with Crippen LogP contribution in [0.5, 0.6) is 5.75 Å². The molecule has 0 radical (unpaired) electrons. The molecule has 0 unspecified atom stereocenters. The third-order valence-electron chi connectivity index (χ3n) is 2.78. The van der Waals surface area contributed by atoms with Crippen molar-refractivity contribution >= 4 is 39.1 Å². The van der Waals surface area contributed by atoms with E-state index in [1.807, 2.05) is 24.3 Å². The fraction of sp³-hybridized carbons (Fsp3) is 0.0667. The van der Waals surface area contributed by atoms with Gasteiger partial charge in [-0.2, -0.15) is 0 Å². The first-order valence-electron chi connectivity index (χ1n) is 6.28. The van der Waals surface area contributed by atoms with Crippen molar-refractivity contribution in [3.05, 3.63) is 62.9 Å². The first-order valence-corrected chi connectivity index (χ1v) is 7.83. The summed E-state index contributed by atoms with van der Waals surface area (Å²) in [7, 11) is 0. The van der Waals surface area contributed by atoms with E-state index in [0.29, 0.717) is 27.6 Å². The van der Waals surface area contributed by atoms with E-state index < -0.39 is 0 Å². The predicted octanol–water partition coefficient (Wildman–Crippen LogP) is 5.38. The predicted molar refractivity (Wildman–Crippen MR) is 88.2 cm³/mol. The fourth-order valence-electron chi connectivity index (χ4n) is 1.78. The Morgan fingerprint density at radius 3 is 2.73 bits per heavy atom. The molecule has 0 aliphatic rings. The monoisotopic (exact) mass is 398 g/mol. The maximum atomic E-state index is 6.03. The number of rotatable bonds is 4. The van der Waals surface area contributed by atoms with Gasteiger partial charge in [0.05, 0.1) is 5.02 Å². The molecule has 1 heterocycles. The topological polar surface area (TPSA) is 48.2 Å². The first kappa shape index (κ1) is 15.3. The minimum Gasteiger partial charge on any atom is -0.482 e. The van der Waals surface area contributed by atoms with Crippen LogP contribution in [0.2, 0.25) is 10.0 Å². The van der Waals surface area contributed by atoms with Crippen LogP contribution in [0.15, 0.2) is 51.4 Å². The molecule has 112 valence electrons. The lowest BCUT2D eigenvalue weighted by Gasteiger charge is -2.05. The average Bonchev–Trinajstić information content (AvgIpc) is 2.95. The van der Waals surface area contributed by atoms with Crippen molar-refractivity contribution < 1.29 is 9.15 Å². The molecule has 22 heavy (non-hydrogen) atoms. The normalized spacial score (nSPS) is 10.7. The highest BCUT2D eigenvalue weighted by Gasteiger charge is 2.10. The number of nitrogens with zero attached hydrogens (tertiary/aromatic N) is 2. The van der Waals surface area contributed by atoms with E-state index in [1.54, 1.807) is 18.2 Å². The van der Waals surface area contributed by atoms with Gasteiger partial charge in [0, 0.05) is 15.1 Å². The summed E-state index contributed by atoms with van der Waals surface area (Å²) in [5, 5.41) is 8.94. The number of hydrogen-bond donors (Lipinski definition) is 0. The summed E-state index contributed by atoms with van der Waals surface area (Å²) < 4.78 is 12.1. The lowest BCUT2D eigenvalue weighted by Crippen LogP contribution is -1.96. The van der Waals surface area contributed by atoms with Crippen LogP contribution in [0.25, 0.3) is 11.5 Å². The van der Waals surface area contributed by atoms with Gasteiger partial charge in [-0.15, -0.1) is 10.2 Å². The molecule has 4 nitrogen and oxygen atoms in total. The summed E-state index contributed by atoms with van der Waals surface area (Å²) >= 11 is 15.3. The second kappa shape index (κ2) is 6.69. The Morgan fingerprint density at radius 2 is 1.95 bits per heavy atom. The largest absolute Gasteiger partial charge is 0.482 e. The summed E-state index contributed by atoms with van der Waals surface area (Å²) in [6.45, 7) is 0.127. The van der Waals surface area contributed by atoms with Crippen LogP contribution in [-0.4, -0.2) is 10.2 Å². The van der Waals surface area contributed by atoms with Crippen molar-refractivity contribution in [3.8, 4) is 17.2 Å². The molecule has 0 aliphatic carbocycles. The van der Waals surface area contributed by atoms with E-state index in [1.165, 1.54) is 0 Å². The number of hydrogen-bond acceptors (Lipinski definition) is 4. The molecule has 0 saturated carbocycles. The summed E-state index contributed by atoms with van der Waals surface area (Å²) in [6.07, 6.45) is 0. The summed E-state index contributed by atoms with van der Waals surface area (Å²) in [5.41, 5.74) is 0.831. The highest BCUT2D eigenvalue weighted by atomic mass is 79.9. The number of ether oxygens (including phenoxy) is 1. The van der Waals surface area contributed by atoms with Crippen LogP contribution in [0.1, 0.15) is 5.89 Å². The van der Waals surface area contributed by atoms with Gasteiger partial charge in [0.2, 0.25) is 5.89 Å². The molecule has 1 aromatic heterocycles. The summed E-state index contributed by atoms with van der Waals surface area (Å²) in [6, 6.07) is 12.6. The Labute approximate surface area is 145 Å². The second-order valence-electron chi connectivity index (χ2n) is 4.37. The molecular formula is C15H9BrCl2N2O2. The minimum absolute atomic E-state index is 0.127. The molecule has 2 aromatic carbocycles. The summed E-state index contributed by atoms with van der Waals surface area (Å²) in [5.74, 6) is 1.30. The molecule has 0 saturated heterocycles. The molecule has 3 rings (SSSR count). The van der Waals surface area contributed by atoms with E-state index in [2.05, 4.69) is 26.1 Å². The van der Waals surface area contributed by atoms with Crippen LogP contribution in [0.4, 0.5) is 0 Å². The Kier molecular flexibility index (Phi) is 4.66. The molecule has 0 aliphatic heterocycles. The van der Waals surface area contributed by atoms with Crippen molar-refractivity contribution in [2.24, 2.45) is 0 Å². The van der Waals surface area contributed by atoms with Gasteiger partial charge in [-0.25, -0.2) is 0 Å². The number of aromatic nitrogens is 2. The van der Waals surface area contributed by atoms with Gasteiger partial charge in [0.25, 0.3) is 5.89 Å². The molecular weight excluding hydrogens is 391 g/mol. The van der Waals surface area contributed by atoms with Crippen molar-refractivity contribution in [2.45, 2.75) is 6.61 Å². The van der Waals surface area contributed by atoms with Crippen LogP contribution >= 0.6 is 39.1 Å². The molecule has 0 bridgehead atoms. The maximum Gasteiger partial charge on any atom is 0.254 e. The Morgan fingerprint density at radius 1 is 1.09 bits per heavy atom. The lowest BCUT2D eigenvalue weighted by atomic mass is 10.2. The zero-order valence-electron chi connectivity index (χ0n) is 11.1. The van der Waals surface area contributed by atoms with Crippen molar-refractivity contribution in [1.82, 2.24) is 10.2 Å². The van der Waals surface area contributed by atoms with Gasteiger partial charge in [-0.05, 0) is 36.4 Å². The van der Waals surface area contributed by atoms with Gasteiger partial charge in [0.15, 0.2) is 6.61 Å². The lowest BCUT2D eigenvalue weighted by molar-refractivity contribution is 0.264. The zero-order chi connectivity index (χ0) is 15.5. The molecule has 0 N–H and O–H groups in total. The van der Waals surface area contributed by atoms with Gasteiger partial charge < -0.3 is 9.15 Å². The molecule has 0 fully saturated rings. The van der Waals surface area contributed by atoms with E-state index in [4.69, 9.17) is 32.4 Å². The first-order chi connectivity index (χ1) is 10.6. The molecule has 0 spiro atoms. The minimum atomic E-state index is 0.127. The smallest absolute Gasteiger partial charge is 0.254 e. The quantitative estimate of drug-likeness (QED) is 0.590. The van der Waals surface area contributed by atoms with E-state index >= 15 is 0 Å². The highest BCUT2D eigenvalue weighted by Crippen LogP contribution is 2.28. The molecule has 3 aromatic rings. The molecule has 7 heteroatoms. The van der Waals surface area contributed by atoms with Crippen LogP contribution in [0.3, 0.4) is 0 Å². The van der Waals surface area contributed by atoms with E-state index in [0.717, 1.165) is 10.0 Å². The van der Waals surface area contributed by atoms with Crippen molar-refractivity contribution in [1.29, 1.82) is 0 Å². The highest BCUT2D eigenvalue weighted by molar-refractivity contribution is 9.10. The van der Waals surface area contributed by atoms with Gasteiger partial charge in [-0.3, -0.25) is 0 Å². The third kappa shape index (κ3) is 3.61. The number of benzene rings is 2. The van der Waals surface area contributed by atoms with Gasteiger partial charge in [-0.1, -0.05) is 45.2 Å². The van der Waals surface area contributed by atoms with Crippen LogP contribution < -0.4 is 4.74 Å². The maximum absolute atomic E-state index is 6.03. The Balaban J connectivity index is 1.72. The Bertz CT molecular complexity index is 808. The van der Waals surface area contributed by atoms with E-state index in [9.17, 15) is 0 Å². The number of halogens is 3. The Hall–Kier alpha value is -1.56. The SMILES string of the molecule is Clc1ccc(OCc2nnc(-c3cccc(Br)c3)o2)c(Cl)c1. The van der Waals surface area contributed by atoms with Crippen molar-refractivity contribution in [3.63, 3.8) is 0 Å². The summed E-state index contributed by atoms with van der Waals surface area (Å²) in [4.78, 5) is 0. The van der Waals surface area contributed by atoms with Gasteiger partial charge in [0.1, 0.15) is 5.75 Å². The fourth-order valence-corrected chi connectivity index (χ4v) is 2.64. The third-order valence-corrected chi connectivity index (χ3v) is 3.81. The standard InChI is InChI=1S/C15H9BrCl2N2O2/c16-10-3-1-2-9(6-10)15-20-19-14(22-15)8-21-13-5-4-11(17)7-12(13)18/h1-7H,8H2. The average molecular weight is 400 g/mol.